The fraction of sp³-hybridized carbons (Fsp3) is 0.333. The van der Waals surface area contributed by atoms with Gasteiger partial charge < -0.3 is 10.1 Å². The molecule has 0 bridgehead atoms. The van der Waals surface area contributed by atoms with Gasteiger partial charge in [0.1, 0.15) is 17.7 Å². The second-order valence-electron chi connectivity index (χ2n) is 4.17. The highest BCUT2D eigenvalue weighted by Crippen LogP contribution is 2.32. The number of rotatable bonds is 5. The third-order valence-corrected chi connectivity index (χ3v) is 3.28. The Bertz CT molecular complexity index is 585. The van der Waals surface area contributed by atoms with Crippen LogP contribution in [0.1, 0.15) is 11.9 Å². The average molecular weight is 321 g/mol. The zero-order valence-electron chi connectivity index (χ0n) is 10.8. The van der Waals surface area contributed by atoms with Gasteiger partial charge in [0.05, 0.1) is 6.54 Å². The Hall–Kier alpha value is -1.90. The van der Waals surface area contributed by atoms with Crippen LogP contribution in [0.4, 0.5) is 22.7 Å². The van der Waals surface area contributed by atoms with E-state index >= 15 is 0 Å². The Kier molecular flexibility index (Phi) is 4.61. The fourth-order valence-electron chi connectivity index (χ4n) is 1.43. The van der Waals surface area contributed by atoms with Crippen LogP contribution < -0.4 is 10.1 Å². The number of anilines is 1. The van der Waals surface area contributed by atoms with E-state index in [1.807, 2.05) is 0 Å². The van der Waals surface area contributed by atoms with E-state index in [-0.39, 0.29) is 23.6 Å². The molecule has 1 aromatic heterocycles. The van der Waals surface area contributed by atoms with Gasteiger partial charge in [0, 0.05) is 0 Å². The summed E-state index contributed by atoms with van der Waals surface area (Å²) >= 11 is 0.427. The number of halogens is 4. The van der Waals surface area contributed by atoms with E-state index in [9.17, 15) is 17.6 Å². The van der Waals surface area contributed by atoms with Crippen LogP contribution in [-0.2, 0) is 6.18 Å². The minimum Gasteiger partial charge on any atom is -0.489 e. The molecule has 0 saturated carbocycles. The first-order valence-electron chi connectivity index (χ1n) is 5.91. The lowest BCUT2D eigenvalue weighted by Gasteiger charge is -2.14. The summed E-state index contributed by atoms with van der Waals surface area (Å²) in [6.07, 6.45) is -4.83. The van der Waals surface area contributed by atoms with Crippen LogP contribution in [0.25, 0.3) is 0 Å². The topological polar surface area (TPSA) is 47.0 Å². The van der Waals surface area contributed by atoms with Gasteiger partial charge in [-0.1, -0.05) is 11.3 Å². The van der Waals surface area contributed by atoms with Gasteiger partial charge in [-0.3, -0.25) is 0 Å². The number of alkyl halides is 3. The molecule has 0 saturated heterocycles. The van der Waals surface area contributed by atoms with Gasteiger partial charge >= 0.3 is 6.18 Å². The van der Waals surface area contributed by atoms with Crippen LogP contribution in [0.2, 0.25) is 0 Å². The molecule has 0 aliphatic rings. The predicted molar refractivity (Wildman–Crippen MR) is 69.9 cm³/mol. The first-order valence-corrected chi connectivity index (χ1v) is 6.73. The van der Waals surface area contributed by atoms with E-state index in [1.54, 1.807) is 6.92 Å². The molecule has 9 heteroatoms. The van der Waals surface area contributed by atoms with Crippen molar-refractivity contribution >= 4 is 16.5 Å². The van der Waals surface area contributed by atoms with Gasteiger partial charge in [0.2, 0.25) is 10.1 Å². The highest BCUT2D eigenvalue weighted by atomic mass is 32.1. The van der Waals surface area contributed by atoms with Crippen molar-refractivity contribution in [3.63, 3.8) is 0 Å². The summed E-state index contributed by atoms with van der Waals surface area (Å²) < 4.78 is 55.2. The lowest BCUT2D eigenvalue weighted by Crippen LogP contribution is -2.22. The Morgan fingerprint density at radius 1 is 1.24 bits per heavy atom. The lowest BCUT2D eigenvalue weighted by atomic mass is 10.3. The average Bonchev–Trinajstić information content (AvgIpc) is 2.88. The fourth-order valence-corrected chi connectivity index (χ4v) is 2.05. The molecule has 1 heterocycles. The van der Waals surface area contributed by atoms with Gasteiger partial charge in [-0.25, -0.2) is 4.39 Å². The Morgan fingerprint density at radius 2 is 1.90 bits per heavy atom. The second-order valence-corrected chi connectivity index (χ2v) is 5.15. The Balaban J connectivity index is 1.85. The summed E-state index contributed by atoms with van der Waals surface area (Å²) in [7, 11) is 0. The first kappa shape index (κ1) is 15.5. The molecule has 0 aliphatic heterocycles. The molecular weight excluding hydrogens is 310 g/mol. The molecule has 114 valence electrons. The highest BCUT2D eigenvalue weighted by Gasteiger charge is 2.35. The lowest BCUT2D eigenvalue weighted by molar-refractivity contribution is -0.138. The molecule has 1 N–H and O–H groups in total. The quantitative estimate of drug-likeness (QED) is 0.855. The number of aromatic nitrogens is 2. The molecule has 21 heavy (non-hydrogen) atoms. The molecule has 0 amide bonds. The third-order valence-electron chi connectivity index (χ3n) is 2.36. The summed E-state index contributed by atoms with van der Waals surface area (Å²) in [6, 6.07) is 5.46. The molecule has 4 nitrogen and oxygen atoms in total. The minimum atomic E-state index is -4.49. The number of nitrogens with zero attached hydrogens (tertiary/aromatic N) is 2. The molecule has 0 aliphatic carbocycles. The van der Waals surface area contributed by atoms with Gasteiger partial charge in [0.15, 0.2) is 0 Å². The zero-order chi connectivity index (χ0) is 15.5. The molecule has 1 unspecified atom stereocenters. The van der Waals surface area contributed by atoms with Crippen molar-refractivity contribution in [1.29, 1.82) is 0 Å². The molecule has 0 spiro atoms. The van der Waals surface area contributed by atoms with Crippen LogP contribution in [0.15, 0.2) is 24.3 Å². The second kappa shape index (κ2) is 6.25. The number of ether oxygens (including phenoxy) is 1. The van der Waals surface area contributed by atoms with Crippen LogP contribution in [0, 0.1) is 5.82 Å². The highest BCUT2D eigenvalue weighted by molar-refractivity contribution is 7.15. The molecular formula is C12H11F4N3OS. The molecule has 1 aromatic carbocycles. The van der Waals surface area contributed by atoms with E-state index in [1.165, 1.54) is 24.3 Å². The van der Waals surface area contributed by atoms with Crippen LogP contribution in [-0.4, -0.2) is 22.8 Å². The summed E-state index contributed by atoms with van der Waals surface area (Å²) in [5.41, 5.74) is 0. The van der Waals surface area contributed by atoms with Crippen LogP contribution >= 0.6 is 11.3 Å². The smallest absolute Gasteiger partial charge is 0.445 e. The van der Waals surface area contributed by atoms with Crippen LogP contribution in [0.5, 0.6) is 5.75 Å². The van der Waals surface area contributed by atoms with E-state index in [4.69, 9.17) is 4.74 Å². The van der Waals surface area contributed by atoms with E-state index < -0.39 is 11.2 Å². The predicted octanol–water partition coefficient (Wildman–Crippen LogP) is 3.58. The number of hydrogen-bond acceptors (Lipinski definition) is 5. The van der Waals surface area contributed by atoms with Crippen molar-refractivity contribution in [3.8, 4) is 5.75 Å². The Morgan fingerprint density at radius 3 is 2.48 bits per heavy atom. The standard InChI is InChI=1S/C12H11F4N3OS/c1-7(20-9-4-2-8(13)3-5-9)6-17-11-19-18-10(21-11)12(14,15)16/h2-5,7H,6H2,1H3,(H,17,19). The number of nitrogens with one attached hydrogen (secondary N) is 1. The van der Waals surface area contributed by atoms with Crippen molar-refractivity contribution in [3.05, 3.63) is 35.1 Å². The summed E-state index contributed by atoms with van der Waals surface area (Å²) in [6.45, 7) is 1.96. The molecule has 2 rings (SSSR count). The zero-order valence-corrected chi connectivity index (χ0v) is 11.6. The minimum absolute atomic E-state index is 0.0666. The van der Waals surface area contributed by atoms with E-state index in [0.29, 0.717) is 17.1 Å². The van der Waals surface area contributed by atoms with Gasteiger partial charge in [-0.15, -0.1) is 10.2 Å². The van der Waals surface area contributed by atoms with Crippen molar-refractivity contribution < 1.29 is 22.3 Å². The maximum atomic E-state index is 12.7. The van der Waals surface area contributed by atoms with Crippen molar-refractivity contribution in [2.45, 2.75) is 19.2 Å². The third kappa shape index (κ3) is 4.55. The summed E-state index contributed by atoms with van der Waals surface area (Å²) in [5, 5.41) is 8.24. The Labute approximate surface area is 121 Å². The summed E-state index contributed by atoms with van der Waals surface area (Å²) in [4.78, 5) is 0. The molecule has 1 atom stereocenters. The van der Waals surface area contributed by atoms with Gasteiger partial charge in [-0.2, -0.15) is 13.2 Å². The van der Waals surface area contributed by atoms with Gasteiger partial charge in [-0.05, 0) is 31.2 Å². The largest absolute Gasteiger partial charge is 0.489 e. The van der Waals surface area contributed by atoms with Crippen LogP contribution in [0.3, 0.4) is 0 Å². The molecule has 0 radical (unpaired) electrons. The maximum absolute atomic E-state index is 12.7. The van der Waals surface area contributed by atoms with E-state index in [2.05, 4.69) is 15.5 Å². The van der Waals surface area contributed by atoms with E-state index in [0.717, 1.165) is 0 Å². The van der Waals surface area contributed by atoms with Gasteiger partial charge in [0.25, 0.3) is 0 Å². The summed E-state index contributed by atoms with van der Waals surface area (Å²) in [5.74, 6) is 0.0978. The maximum Gasteiger partial charge on any atom is 0.445 e. The number of benzene rings is 1. The van der Waals surface area contributed by atoms with Crippen molar-refractivity contribution in [1.82, 2.24) is 10.2 Å². The molecule has 2 aromatic rings. The normalized spacial score (nSPS) is 13.0. The van der Waals surface area contributed by atoms with Crippen molar-refractivity contribution in [2.24, 2.45) is 0 Å². The number of hydrogen-bond donors (Lipinski definition) is 1. The first-order chi connectivity index (χ1) is 9.84. The SMILES string of the molecule is CC(CNc1nnc(C(F)(F)F)s1)Oc1ccc(F)cc1. The monoisotopic (exact) mass is 321 g/mol. The van der Waals surface area contributed by atoms with Crippen molar-refractivity contribution in [2.75, 3.05) is 11.9 Å². The molecule has 0 fully saturated rings.